The second kappa shape index (κ2) is 4.44. The minimum absolute atomic E-state index is 0.255. The molecule has 1 saturated heterocycles. The summed E-state index contributed by atoms with van der Waals surface area (Å²) in [6.07, 6.45) is 1.66. The standard InChI is InChI=1S/C13H21NO4/c1-13(2,3)18-12(16)14-7-8-5-6-9(8)10(14)11(15)17-4/h8-10H,5-7H2,1-4H3. The number of carbonyl (C=O) groups excluding carboxylic acids is 2. The monoisotopic (exact) mass is 255 g/mol. The van der Waals surface area contributed by atoms with Crippen molar-refractivity contribution in [2.24, 2.45) is 11.8 Å². The Morgan fingerprint density at radius 3 is 2.33 bits per heavy atom. The highest BCUT2D eigenvalue weighted by atomic mass is 16.6. The highest BCUT2D eigenvalue weighted by Crippen LogP contribution is 2.45. The summed E-state index contributed by atoms with van der Waals surface area (Å²) in [7, 11) is 1.36. The van der Waals surface area contributed by atoms with Crippen molar-refractivity contribution < 1.29 is 19.1 Å². The second-order valence-electron chi connectivity index (χ2n) is 6.10. The van der Waals surface area contributed by atoms with Gasteiger partial charge in [0.05, 0.1) is 7.11 Å². The fourth-order valence-corrected chi connectivity index (χ4v) is 2.77. The topological polar surface area (TPSA) is 55.8 Å². The van der Waals surface area contributed by atoms with Gasteiger partial charge in [-0.25, -0.2) is 9.59 Å². The summed E-state index contributed by atoms with van der Waals surface area (Å²) >= 11 is 0. The van der Waals surface area contributed by atoms with Gasteiger partial charge in [-0.1, -0.05) is 0 Å². The van der Waals surface area contributed by atoms with Crippen LogP contribution in [0.5, 0.6) is 0 Å². The van der Waals surface area contributed by atoms with Crippen molar-refractivity contribution in [2.75, 3.05) is 13.7 Å². The molecule has 5 nitrogen and oxygen atoms in total. The largest absolute Gasteiger partial charge is 0.467 e. The van der Waals surface area contributed by atoms with Gasteiger partial charge in [0.15, 0.2) is 0 Å². The van der Waals surface area contributed by atoms with Crippen LogP contribution in [0.2, 0.25) is 0 Å². The van der Waals surface area contributed by atoms with E-state index in [0.29, 0.717) is 12.5 Å². The summed E-state index contributed by atoms with van der Waals surface area (Å²) in [5.74, 6) is 0.361. The van der Waals surface area contributed by atoms with E-state index in [1.165, 1.54) is 7.11 Å². The third-order valence-corrected chi connectivity index (χ3v) is 3.72. The van der Waals surface area contributed by atoms with E-state index in [1.54, 1.807) is 4.90 Å². The quantitative estimate of drug-likeness (QED) is 0.670. The third kappa shape index (κ3) is 2.31. The van der Waals surface area contributed by atoms with Crippen LogP contribution in [-0.2, 0) is 14.3 Å². The molecule has 0 aromatic rings. The van der Waals surface area contributed by atoms with Crippen LogP contribution < -0.4 is 0 Å². The predicted octanol–water partition coefficient (Wildman–Crippen LogP) is 1.80. The first-order chi connectivity index (χ1) is 8.33. The second-order valence-corrected chi connectivity index (χ2v) is 6.10. The predicted molar refractivity (Wildman–Crippen MR) is 65.0 cm³/mol. The maximum absolute atomic E-state index is 12.1. The van der Waals surface area contributed by atoms with E-state index in [-0.39, 0.29) is 11.9 Å². The Bertz CT molecular complexity index is 360. The molecular formula is C13H21NO4. The molecule has 0 aromatic heterocycles. The Morgan fingerprint density at radius 2 is 1.89 bits per heavy atom. The Kier molecular flexibility index (Phi) is 3.25. The molecule has 0 radical (unpaired) electrons. The molecule has 2 aliphatic rings. The highest BCUT2D eigenvalue weighted by Gasteiger charge is 2.53. The number of esters is 1. The summed E-state index contributed by atoms with van der Waals surface area (Å²) in [6.45, 7) is 6.08. The van der Waals surface area contributed by atoms with Crippen LogP contribution in [0.4, 0.5) is 4.79 Å². The van der Waals surface area contributed by atoms with Crippen LogP contribution >= 0.6 is 0 Å². The number of rotatable bonds is 1. The first kappa shape index (κ1) is 13.2. The van der Waals surface area contributed by atoms with Gasteiger partial charge in [0.1, 0.15) is 11.6 Å². The van der Waals surface area contributed by atoms with E-state index in [4.69, 9.17) is 9.47 Å². The molecule has 0 bridgehead atoms. The minimum Gasteiger partial charge on any atom is -0.467 e. The normalized spacial score (nSPS) is 30.4. The lowest BCUT2D eigenvalue weighted by molar-refractivity contribution is -0.147. The first-order valence-electron chi connectivity index (χ1n) is 6.41. The first-order valence-corrected chi connectivity index (χ1v) is 6.41. The van der Waals surface area contributed by atoms with E-state index in [2.05, 4.69) is 0 Å². The van der Waals surface area contributed by atoms with Gasteiger partial charge >= 0.3 is 12.1 Å². The number of methoxy groups -OCH3 is 1. The molecular weight excluding hydrogens is 234 g/mol. The summed E-state index contributed by atoms with van der Waals surface area (Å²) in [4.78, 5) is 25.5. The molecule has 2 fully saturated rings. The molecule has 5 heteroatoms. The Balaban J connectivity index is 2.10. The van der Waals surface area contributed by atoms with Crippen LogP contribution in [0.3, 0.4) is 0 Å². The summed E-state index contributed by atoms with van der Waals surface area (Å²) in [5, 5.41) is 0. The number of fused-ring (bicyclic) bond motifs is 1. The molecule has 3 atom stereocenters. The summed E-state index contributed by atoms with van der Waals surface area (Å²) < 4.78 is 10.2. The molecule has 2 rings (SSSR count). The Labute approximate surface area is 107 Å². The van der Waals surface area contributed by atoms with Gasteiger partial charge in [0.2, 0.25) is 0 Å². The van der Waals surface area contributed by atoms with Gasteiger partial charge in [-0.05, 0) is 45.4 Å². The average Bonchev–Trinajstić information content (AvgIpc) is 2.47. The van der Waals surface area contributed by atoms with Crippen molar-refractivity contribution in [2.45, 2.75) is 45.3 Å². The minimum atomic E-state index is -0.542. The molecule has 18 heavy (non-hydrogen) atoms. The number of carbonyl (C=O) groups is 2. The van der Waals surface area contributed by atoms with Crippen LogP contribution in [0, 0.1) is 11.8 Å². The van der Waals surface area contributed by atoms with Crippen molar-refractivity contribution in [3.8, 4) is 0 Å². The number of hydrogen-bond donors (Lipinski definition) is 0. The Morgan fingerprint density at radius 1 is 1.22 bits per heavy atom. The van der Waals surface area contributed by atoms with Gasteiger partial charge in [0.25, 0.3) is 0 Å². The molecule has 1 aliphatic carbocycles. The molecule has 3 unspecified atom stereocenters. The maximum Gasteiger partial charge on any atom is 0.411 e. The van der Waals surface area contributed by atoms with E-state index in [9.17, 15) is 9.59 Å². The lowest BCUT2D eigenvalue weighted by Crippen LogP contribution is -2.46. The fourth-order valence-electron chi connectivity index (χ4n) is 2.77. The number of ether oxygens (including phenoxy) is 2. The molecule has 1 heterocycles. The highest BCUT2D eigenvalue weighted by molar-refractivity contribution is 5.83. The zero-order valence-electron chi connectivity index (χ0n) is 11.4. The zero-order valence-corrected chi connectivity index (χ0v) is 11.4. The lowest BCUT2D eigenvalue weighted by Gasteiger charge is -2.32. The number of amides is 1. The average molecular weight is 255 g/mol. The molecule has 1 amide bonds. The van der Waals surface area contributed by atoms with Crippen LogP contribution in [0.15, 0.2) is 0 Å². The number of nitrogens with zero attached hydrogens (tertiary/aromatic N) is 1. The summed E-state index contributed by atoms with van der Waals surface area (Å²) in [5.41, 5.74) is -0.542. The van der Waals surface area contributed by atoms with E-state index in [0.717, 1.165) is 12.8 Å². The van der Waals surface area contributed by atoms with Crippen molar-refractivity contribution >= 4 is 12.1 Å². The zero-order chi connectivity index (χ0) is 13.5. The molecule has 0 spiro atoms. The van der Waals surface area contributed by atoms with Crippen molar-refractivity contribution in [1.82, 2.24) is 4.90 Å². The molecule has 102 valence electrons. The van der Waals surface area contributed by atoms with Gasteiger partial charge < -0.3 is 9.47 Å². The van der Waals surface area contributed by atoms with Crippen molar-refractivity contribution in [3.05, 3.63) is 0 Å². The van der Waals surface area contributed by atoms with Crippen LogP contribution in [0.1, 0.15) is 33.6 Å². The molecule has 1 saturated carbocycles. The van der Waals surface area contributed by atoms with Gasteiger partial charge in [-0.15, -0.1) is 0 Å². The van der Waals surface area contributed by atoms with Crippen molar-refractivity contribution in [3.63, 3.8) is 0 Å². The molecule has 0 aromatic carbocycles. The van der Waals surface area contributed by atoms with E-state index < -0.39 is 17.7 Å². The van der Waals surface area contributed by atoms with E-state index in [1.807, 2.05) is 20.8 Å². The SMILES string of the molecule is COC(=O)C1C2CCC2CN1C(=O)OC(C)(C)C. The van der Waals surface area contributed by atoms with Crippen LogP contribution in [0.25, 0.3) is 0 Å². The lowest BCUT2D eigenvalue weighted by atomic mass is 9.73. The maximum atomic E-state index is 12.1. The van der Waals surface area contributed by atoms with E-state index >= 15 is 0 Å². The smallest absolute Gasteiger partial charge is 0.411 e. The van der Waals surface area contributed by atoms with Gasteiger partial charge in [-0.2, -0.15) is 0 Å². The third-order valence-electron chi connectivity index (χ3n) is 3.72. The summed E-state index contributed by atoms with van der Waals surface area (Å²) in [6, 6.07) is -0.455. The number of hydrogen-bond acceptors (Lipinski definition) is 4. The van der Waals surface area contributed by atoms with Crippen LogP contribution in [-0.4, -0.2) is 42.3 Å². The van der Waals surface area contributed by atoms with Gasteiger partial charge in [-0.3, -0.25) is 4.90 Å². The van der Waals surface area contributed by atoms with Gasteiger partial charge in [0, 0.05) is 6.54 Å². The Hall–Kier alpha value is -1.26. The molecule has 0 N–H and O–H groups in total. The van der Waals surface area contributed by atoms with Crippen molar-refractivity contribution in [1.29, 1.82) is 0 Å². The molecule has 1 aliphatic heterocycles. The number of likely N-dealkylation sites (tertiary alicyclic amines) is 1. The fraction of sp³-hybridized carbons (Fsp3) is 0.846.